The summed E-state index contributed by atoms with van der Waals surface area (Å²) in [6.45, 7) is -2.98. The van der Waals surface area contributed by atoms with E-state index in [0.717, 1.165) is 47.2 Å². The summed E-state index contributed by atoms with van der Waals surface area (Å²) in [5.74, 6) is -10.1. The zero-order valence-electron chi connectivity index (χ0n) is 33.1. The third kappa shape index (κ3) is 14.9. The molecular weight excluding hydrogens is 966 g/mol. The van der Waals surface area contributed by atoms with Crippen LogP contribution in [0.1, 0.15) is 30.2 Å². The number of anilines is 2. The van der Waals surface area contributed by atoms with Crippen molar-refractivity contribution in [2.24, 2.45) is 5.73 Å². The number of nitrogens with zero attached hydrogens (tertiary/aromatic N) is 8. The molecule has 6 rings (SSSR count). The fourth-order valence-corrected chi connectivity index (χ4v) is 5.86. The van der Waals surface area contributed by atoms with Crippen LogP contribution in [0.2, 0.25) is 20.4 Å². The summed E-state index contributed by atoms with van der Waals surface area (Å²) in [5, 5.41) is 39.2. The summed E-state index contributed by atoms with van der Waals surface area (Å²) >= 11 is 23.3. The number of pyridine rings is 4. The van der Waals surface area contributed by atoms with E-state index in [1.54, 1.807) is 30.5 Å². The Morgan fingerprint density at radius 3 is 1.53 bits per heavy atom. The molecule has 0 spiro atoms. The average molecular weight is 1000 g/mol. The van der Waals surface area contributed by atoms with E-state index in [1.165, 1.54) is 30.5 Å². The molecule has 6 heterocycles. The third-order valence-corrected chi connectivity index (χ3v) is 9.57. The standard InChI is InChI=1S/C19H16Cl2F2N6O3.C13H11ClF2N4O4.C6H7ClN2.CH4/c20-12-4-3-6-24-13(12)8-25-16(30)10-28-15(21)9-26-17(18(28)31)27-11-19(22,23)14-5-1-2-7-29(14)32;14-9-5-17-11(12(23)19(9)6-10(21)22)18-7-13(15,16)8-3-1-2-4-20(8)24;7-5-2-1-3-9-6(5)4-8;/h1-7,9H,8,10-11H2,(H,25,30)(H,26,27);1-5H,6-7H2,(H,17,18)(H,21,22);1-3H,4,8H2;1H4. The molecule has 0 aliphatic rings. The summed E-state index contributed by atoms with van der Waals surface area (Å²) < 4.78 is 58.5. The number of alkyl halides is 4. The molecule has 1 amide bonds. The molecule has 6 aromatic heterocycles. The highest BCUT2D eigenvalue weighted by Crippen LogP contribution is 2.26. The maximum atomic E-state index is 14.4. The molecule has 0 aliphatic carbocycles. The van der Waals surface area contributed by atoms with Crippen molar-refractivity contribution in [1.82, 2.24) is 34.4 Å². The molecule has 0 saturated heterocycles. The molecule has 0 atom stereocenters. The van der Waals surface area contributed by atoms with E-state index in [1.807, 2.05) is 0 Å². The van der Waals surface area contributed by atoms with E-state index < -0.39 is 84.0 Å². The summed E-state index contributed by atoms with van der Waals surface area (Å²) in [6.07, 6.45) is 7.05. The summed E-state index contributed by atoms with van der Waals surface area (Å²) in [7, 11) is 0. The molecule has 0 radical (unpaired) electrons. The van der Waals surface area contributed by atoms with Crippen molar-refractivity contribution in [1.29, 1.82) is 0 Å². The molecule has 27 heteroatoms. The molecule has 0 unspecified atom stereocenters. The number of aliphatic carboxylic acids is 1. The van der Waals surface area contributed by atoms with Crippen molar-refractivity contribution in [3.05, 3.63) is 172 Å². The normalized spacial score (nSPS) is 10.9. The van der Waals surface area contributed by atoms with Gasteiger partial charge in [0.15, 0.2) is 24.0 Å². The van der Waals surface area contributed by atoms with Crippen molar-refractivity contribution in [2.75, 3.05) is 23.7 Å². The second kappa shape index (κ2) is 24.6. The van der Waals surface area contributed by atoms with Gasteiger partial charge in [0.05, 0.1) is 53.5 Å². The van der Waals surface area contributed by atoms with Crippen molar-refractivity contribution in [3.8, 4) is 0 Å². The van der Waals surface area contributed by atoms with Gasteiger partial charge < -0.3 is 37.2 Å². The molecule has 6 N–H and O–H groups in total. The highest BCUT2D eigenvalue weighted by atomic mass is 35.5. The largest absolute Gasteiger partial charge is 0.618 e. The Balaban J connectivity index is 0.000000298. The minimum atomic E-state index is -3.60. The third-order valence-electron chi connectivity index (χ3n) is 8.28. The molecule has 66 heavy (non-hydrogen) atoms. The number of hydrogen-bond donors (Lipinski definition) is 5. The van der Waals surface area contributed by atoms with Crippen LogP contribution in [0.4, 0.5) is 29.2 Å². The van der Waals surface area contributed by atoms with Crippen molar-refractivity contribution in [3.63, 3.8) is 0 Å². The number of carboxylic acid groups (broad SMARTS) is 1. The lowest BCUT2D eigenvalue weighted by Crippen LogP contribution is -2.41. The smallest absolute Gasteiger partial charge is 0.347 e. The minimum Gasteiger partial charge on any atom is -0.618 e. The summed E-state index contributed by atoms with van der Waals surface area (Å²) in [5.41, 5.74) is 3.02. The second-order valence-electron chi connectivity index (χ2n) is 12.8. The zero-order chi connectivity index (χ0) is 47.9. The van der Waals surface area contributed by atoms with Crippen LogP contribution in [0.5, 0.6) is 0 Å². The van der Waals surface area contributed by atoms with E-state index in [9.17, 15) is 47.2 Å². The number of rotatable bonds is 15. The topological polar surface area (TPSA) is 266 Å². The molecule has 0 aromatic carbocycles. The van der Waals surface area contributed by atoms with E-state index in [-0.39, 0.29) is 33.7 Å². The predicted molar refractivity (Wildman–Crippen MR) is 235 cm³/mol. The molecular formula is C39H38Cl4F4N12O7. The van der Waals surface area contributed by atoms with Gasteiger partial charge in [-0.15, -0.1) is 0 Å². The molecule has 0 aliphatic heterocycles. The van der Waals surface area contributed by atoms with Gasteiger partial charge in [-0.1, -0.05) is 53.8 Å². The first-order valence-electron chi connectivity index (χ1n) is 18.2. The van der Waals surface area contributed by atoms with Crippen LogP contribution in [0.3, 0.4) is 0 Å². The van der Waals surface area contributed by atoms with Crippen molar-refractivity contribution in [2.45, 2.75) is 45.5 Å². The first-order valence-corrected chi connectivity index (χ1v) is 19.8. The van der Waals surface area contributed by atoms with E-state index in [2.05, 4.69) is 35.9 Å². The van der Waals surface area contributed by atoms with Gasteiger partial charge in [-0.2, -0.15) is 27.0 Å². The van der Waals surface area contributed by atoms with Crippen LogP contribution in [0, 0.1) is 10.4 Å². The lowest BCUT2D eigenvalue weighted by atomic mass is 10.2. The van der Waals surface area contributed by atoms with Crippen LogP contribution in [-0.4, -0.2) is 59.1 Å². The molecule has 0 bridgehead atoms. The molecule has 352 valence electrons. The van der Waals surface area contributed by atoms with E-state index in [4.69, 9.17) is 57.2 Å². The van der Waals surface area contributed by atoms with Gasteiger partial charge in [-0.25, -0.2) is 9.97 Å². The Bertz CT molecular complexity index is 2740. The van der Waals surface area contributed by atoms with Crippen LogP contribution in [0.25, 0.3) is 0 Å². The highest BCUT2D eigenvalue weighted by Gasteiger charge is 2.40. The van der Waals surface area contributed by atoms with Crippen molar-refractivity contribution >= 4 is 69.9 Å². The summed E-state index contributed by atoms with van der Waals surface area (Å²) in [6, 6.07) is 13.9. The van der Waals surface area contributed by atoms with Gasteiger partial charge in [0.1, 0.15) is 23.4 Å². The van der Waals surface area contributed by atoms with Gasteiger partial charge in [-0.05, 0) is 36.4 Å². The predicted octanol–water partition coefficient (Wildman–Crippen LogP) is 4.75. The monoisotopic (exact) mass is 1000 g/mol. The average Bonchev–Trinajstić information content (AvgIpc) is 3.26. The lowest BCUT2D eigenvalue weighted by Gasteiger charge is -2.17. The molecule has 0 saturated carbocycles. The number of carboxylic acids is 1. The number of halogens is 8. The quantitative estimate of drug-likeness (QED) is 0.0529. The van der Waals surface area contributed by atoms with Crippen LogP contribution < -0.4 is 42.3 Å². The maximum absolute atomic E-state index is 14.4. The minimum absolute atomic E-state index is 0. The van der Waals surface area contributed by atoms with Gasteiger partial charge in [0.2, 0.25) is 5.91 Å². The molecule has 19 nitrogen and oxygen atoms in total. The number of amides is 1. The Kier molecular flexibility index (Phi) is 20.0. The first-order chi connectivity index (χ1) is 30.7. The Morgan fingerprint density at radius 2 is 1.14 bits per heavy atom. The van der Waals surface area contributed by atoms with Gasteiger partial charge in [-0.3, -0.25) is 38.3 Å². The number of hydrogen-bond acceptors (Lipinski definition) is 13. The molecule has 6 aromatic rings. The molecule has 0 fully saturated rings. The van der Waals surface area contributed by atoms with Crippen LogP contribution in [-0.2, 0) is 47.6 Å². The number of carbonyl (C=O) groups is 2. The fraction of sp³-hybridized carbons (Fsp3) is 0.231. The van der Waals surface area contributed by atoms with Crippen LogP contribution >= 0.6 is 46.4 Å². The fourth-order valence-electron chi connectivity index (χ4n) is 5.10. The lowest BCUT2D eigenvalue weighted by molar-refractivity contribution is -0.624. The highest BCUT2D eigenvalue weighted by molar-refractivity contribution is 6.31. The number of nitrogens with two attached hydrogens (primary N) is 1. The Hall–Kier alpha value is -6.66. The SMILES string of the molecule is C.NCc1ncccc1Cl.O=C(Cn1c(Cl)cnc(NCC(F)(F)c2cccc[n+]2[O-])c1=O)NCc1ncccc1Cl.O=C(O)Cn1c(Cl)cnc(NCC(F)(F)c2cccc[n+]2[O-])c1=O. The van der Waals surface area contributed by atoms with Gasteiger partial charge in [0, 0.05) is 43.2 Å². The van der Waals surface area contributed by atoms with E-state index >= 15 is 0 Å². The van der Waals surface area contributed by atoms with Crippen LogP contribution in [0.15, 0.2) is 107 Å². The van der Waals surface area contributed by atoms with E-state index in [0.29, 0.717) is 26.9 Å². The maximum Gasteiger partial charge on any atom is 0.347 e. The Morgan fingerprint density at radius 1 is 0.697 bits per heavy atom. The number of carbonyl (C=O) groups excluding carboxylic acids is 1. The van der Waals surface area contributed by atoms with Gasteiger partial charge >= 0.3 is 17.8 Å². The first kappa shape index (κ1) is 53.7. The summed E-state index contributed by atoms with van der Waals surface area (Å²) in [4.78, 5) is 62.8. The Labute approximate surface area is 391 Å². The zero-order valence-corrected chi connectivity index (χ0v) is 36.1. The van der Waals surface area contributed by atoms with Gasteiger partial charge in [0.25, 0.3) is 22.5 Å². The second-order valence-corrected chi connectivity index (χ2v) is 14.4. The number of aromatic nitrogens is 8. The number of nitrogens with one attached hydrogen (secondary N) is 3. The van der Waals surface area contributed by atoms with Crippen molar-refractivity contribution < 1.29 is 41.7 Å².